The number of hydrogen-bond donors (Lipinski definition) is 0. The van der Waals surface area contributed by atoms with Crippen LogP contribution < -0.4 is 4.74 Å². The normalized spacial score (nSPS) is 11.6. The van der Waals surface area contributed by atoms with Gasteiger partial charge in [0.1, 0.15) is 12.4 Å². The summed E-state index contributed by atoms with van der Waals surface area (Å²) in [6, 6.07) is 8.24. The van der Waals surface area contributed by atoms with E-state index in [1.165, 1.54) is 12.0 Å². The van der Waals surface area contributed by atoms with Crippen molar-refractivity contribution < 1.29 is 9.47 Å². The van der Waals surface area contributed by atoms with Crippen molar-refractivity contribution in [2.75, 3.05) is 19.8 Å². The molecule has 0 unspecified atom stereocenters. The van der Waals surface area contributed by atoms with Gasteiger partial charge in [0, 0.05) is 6.61 Å². The van der Waals surface area contributed by atoms with Crippen LogP contribution in [-0.4, -0.2) is 19.8 Å². The van der Waals surface area contributed by atoms with Crippen molar-refractivity contribution in [3.05, 3.63) is 29.8 Å². The summed E-state index contributed by atoms with van der Waals surface area (Å²) in [5.41, 5.74) is 1.36. The molecule has 0 saturated carbocycles. The highest BCUT2D eigenvalue weighted by molar-refractivity contribution is 5.38. The van der Waals surface area contributed by atoms with Crippen LogP contribution in [0.15, 0.2) is 24.3 Å². The Morgan fingerprint density at radius 1 is 1.00 bits per heavy atom. The van der Waals surface area contributed by atoms with Crippen LogP contribution in [0.5, 0.6) is 5.75 Å². The molecule has 102 valence electrons. The van der Waals surface area contributed by atoms with Gasteiger partial charge in [-0.2, -0.15) is 0 Å². The molecular weight excluding hydrogens is 224 g/mol. The van der Waals surface area contributed by atoms with Crippen LogP contribution in [0.1, 0.15) is 46.1 Å². The topological polar surface area (TPSA) is 18.5 Å². The molecule has 0 radical (unpaired) electrons. The van der Waals surface area contributed by atoms with Crippen LogP contribution in [0, 0.1) is 0 Å². The second-order valence-electron chi connectivity index (χ2n) is 5.56. The number of hydrogen-bond acceptors (Lipinski definition) is 2. The molecule has 0 heterocycles. The summed E-state index contributed by atoms with van der Waals surface area (Å²) in [6.07, 6.45) is 2.30. The highest BCUT2D eigenvalue weighted by Crippen LogP contribution is 2.30. The number of benzene rings is 1. The second kappa shape index (κ2) is 7.42. The zero-order valence-corrected chi connectivity index (χ0v) is 12.2. The van der Waals surface area contributed by atoms with Gasteiger partial charge in [0.05, 0.1) is 6.61 Å². The third-order valence-electron chi connectivity index (χ3n) is 2.82. The molecule has 1 aromatic rings. The maximum Gasteiger partial charge on any atom is 0.123 e. The van der Waals surface area contributed by atoms with Crippen LogP contribution >= 0.6 is 0 Å². The third kappa shape index (κ3) is 5.09. The fourth-order valence-corrected chi connectivity index (χ4v) is 1.77. The number of unbranched alkanes of at least 4 members (excludes halogenated alkanes) is 1. The van der Waals surface area contributed by atoms with Gasteiger partial charge < -0.3 is 9.47 Å². The first-order valence-electron chi connectivity index (χ1n) is 6.85. The molecule has 0 N–H and O–H groups in total. The lowest BCUT2D eigenvalue weighted by Crippen LogP contribution is -2.15. The van der Waals surface area contributed by atoms with Crippen molar-refractivity contribution in [2.24, 2.45) is 0 Å². The molecule has 0 saturated heterocycles. The zero-order chi connectivity index (χ0) is 13.4. The minimum absolute atomic E-state index is 0.111. The minimum atomic E-state index is 0.111. The molecule has 0 amide bonds. The van der Waals surface area contributed by atoms with E-state index in [9.17, 15) is 0 Å². The first kappa shape index (κ1) is 15.0. The lowest BCUT2D eigenvalue weighted by Gasteiger charge is -2.22. The molecule has 2 heteroatoms. The molecule has 0 aliphatic heterocycles. The highest BCUT2D eigenvalue weighted by atomic mass is 16.5. The van der Waals surface area contributed by atoms with Gasteiger partial charge in [-0.1, -0.05) is 52.3 Å². The fraction of sp³-hybridized carbons (Fsp3) is 0.625. The Kier molecular flexibility index (Phi) is 6.20. The van der Waals surface area contributed by atoms with Crippen LogP contribution in [0.2, 0.25) is 0 Å². The molecule has 2 nitrogen and oxygen atoms in total. The molecule has 0 fully saturated rings. The maximum absolute atomic E-state index is 5.82. The van der Waals surface area contributed by atoms with Crippen LogP contribution in [-0.2, 0) is 10.2 Å². The molecule has 0 bridgehead atoms. The molecule has 0 spiro atoms. The van der Waals surface area contributed by atoms with Gasteiger partial charge in [-0.3, -0.25) is 0 Å². The Morgan fingerprint density at radius 3 is 2.39 bits per heavy atom. The van der Waals surface area contributed by atoms with Crippen molar-refractivity contribution in [1.82, 2.24) is 0 Å². The zero-order valence-electron chi connectivity index (χ0n) is 12.2. The van der Waals surface area contributed by atoms with E-state index in [4.69, 9.17) is 9.47 Å². The predicted molar refractivity (Wildman–Crippen MR) is 76.4 cm³/mol. The van der Waals surface area contributed by atoms with Gasteiger partial charge >= 0.3 is 0 Å². The van der Waals surface area contributed by atoms with Gasteiger partial charge in [-0.15, -0.1) is 0 Å². The lowest BCUT2D eigenvalue weighted by atomic mass is 9.86. The molecule has 0 aliphatic carbocycles. The van der Waals surface area contributed by atoms with E-state index >= 15 is 0 Å². The number of rotatable bonds is 7. The molecule has 1 aromatic carbocycles. The number of para-hydroxylation sites is 1. The minimum Gasteiger partial charge on any atom is -0.491 e. The van der Waals surface area contributed by atoms with Crippen LogP contribution in [0.3, 0.4) is 0 Å². The Bertz CT molecular complexity index is 339. The molecule has 0 atom stereocenters. The van der Waals surface area contributed by atoms with E-state index in [0.29, 0.717) is 13.2 Å². The van der Waals surface area contributed by atoms with E-state index in [2.05, 4.69) is 39.8 Å². The summed E-state index contributed by atoms with van der Waals surface area (Å²) in [5, 5.41) is 0. The molecule has 18 heavy (non-hydrogen) atoms. The summed E-state index contributed by atoms with van der Waals surface area (Å²) in [4.78, 5) is 0. The first-order valence-corrected chi connectivity index (χ1v) is 6.85. The lowest BCUT2D eigenvalue weighted by molar-refractivity contribution is 0.0974. The number of ether oxygens (including phenoxy) is 2. The van der Waals surface area contributed by atoms with E-state index in [1.54, 1.807) is 0 Å². The van der Waals surface area contributed by atoms with E-state index in [0.717, 1.165) is 18.8 Å². The summed E-state index contributed by atoms with van der Waals surface area (Å²) in [6.45, 7) is 10.9. The van der Waals surface area contributed by atoms with Crippen LogP contribution in [0.4, 0.5) is 0 Å². The monoisotopic (exact) mass is 250 g/mol. The van der Waals surface area contributed by atoms with Crippen molar-refractivity contribution in [3.63, 3.8) is 0 Å². The summed E-state index contributed by atoms with van der Waals surface area (Å²) < 4.78 is 11.3. The van der Waals surface area contributed by atoms with Crippen molar-refractivity contribution in [3.8, 4) is 5.75 Å². The fourth-order valence-electron chi connectivity index (χ4n) is 1.77. The first-order chi connectivity index (χ1) is 8.55. The second-order valence-corrected chi connectivity index (χ2v) is 5.56. The largest absolute Gasteiger partial charge is 0.491 e. The van der Waals surface area contributed by atoms with Crippen LogP contribution in [0.25, 0.3) is 0 Å². The van der Waals surface area contributed by atoms with Crippen molar-refractivity contribution >= 4 is 0 Å². The maximum atomic E-state index is 5.82. The van der Waals surface area contributed by atoms with E-state index in [1.807, 2.05) is 12.1 Å². The summed E-state index contributed by atoms with van der Waals surface area (Å²) in [5.74, 6) is 0.976. The van der Waals surface area contributed by atoms with Gasteiger partial charge in [-0.05, 0) is 23.5 Å². The molecule has 1 rings (SSSR count). The van der Waals surface area contributed by atoms with Crippen molar-refractivity contribution in [2.45, 2.75) is 46.0 Å². The Labute approximate surface area is 111 Å². The smallest absolute Gasteiger partial charge is 0.123 e. The Morgan fingerprint density at radius 2 is 1.72 bits per heavy atom. The average molecular weight is 250 g/mol. The highest BCUT2D eigenvalue weighted by Gasteiger charge is 2.18. The SMILES string of the molecule is CCCCOCCOc1ccccc1C(C)(C)C. The van der Waals surface area contributed by atoms with E-state index in [-0.39, 0.29) is 5.41 Å². The predicted octanol–water partition coefficient (Wildman–Crippen LogP) is 4.18. The third-order valence-corrected chi connectivity index (χ3v) is 2.82. The standard InChI is InChI=1S/C16H26O2/c1-5-6-11-17-12-13-18-15-10-8-7-9-14(15)16(2,3)4/h7-10H,5-6,11-13H2,1-4H3. The quantitative estimate of drug-likeness (QED) is 0.676. The van der Waals surface area contributed by atoms with Crippen molar-refractivity contribution in [1.29, 1.82) is 0 Å². The van der Waals surface area contributed by atoms with Gasteiger partial charge in [0.15, 0.2) is 0 Å². The van der Waals surface area contributed by atoms with Gasteiger partial charge in [-0.25, -0.2) is 0 Å². The molecule has 0 aromatic heterocycles. The summed E-state index contributed by atoms with van der Waals surface area (Å²) in [7, 11) is 0. The molecule has 0 aliphatic rings. The van der Waals surface area contributed by atoms with Gasteiger partial charge in [0.25, 0.3) is 0 Å². The van der Waals surface area contributed by atoms with Gasteiger partial charge in [0.2, 0.25) is 0 Å². The van der Waals surface area contributed by atoms with E-state index < -0.39 is 0 Å². The summed E-state index contributed by atoms with van der Waals surface area (Å²) >= 11 is 0. The average Bonchev–Trinajstić information content (AvgIpc) is 2.33. The Hall–Kier alpha value is -1.02. The molecular formula is C16H26O2. The Balaban J connectivity index is 2.43.